The van der Waals surface area contributed by atoms with Crippen molar-refractivity contribution in [1.29, 1.82) is 0 Å². The first kappa shape index (κ1) is 22.5. The molecule has 0 aliphatic heterocycles. The molecule has 0 spiro atoms. The second-order valence-electron chi connectivity index (χ2n) is 0.378. The van der Waals surface area contributed by atoms with E-state index < -0.39 is 29.0 Å². The first-order chi connectivity index (χ1) is 3.46. The predicted octanol–water partition coefficient (Wildman–Crippen LogP) is -5.00. The van der Waals surface area contributed by atoms with Crippen LogP contribution in [-0.2, 0) is 70.2 Å². The van der Waals surface area contributed by atoms with E-state index in [0.29, 0.717) is 0 Å². The summed E-state index contributed by atoms with van der Waals surface area (Å²) < 4.78 is 51.1. The molecule has 0 unspecified atom stereocenters. The quantitative estimate of drug-likeness (QED) is 0.410. The summed E-state index contributed by atoms with van der Waals surface area (Å²) in [6.45, 7) is 0. The van der Waals surface area contributed by atoms with Crippen molar-refractivity contribution in [3.63, 3.8) is 0 Å². The van der Waals surface area contributed by atoms with Gasteiger partial charge in [-0.3, -0.25) is 0 Å². The summed E-state index contributed by atoms with van der Waals surface area (Å²) in [4.78, 5) is 0. The van der Waals surface area contributed by atoms with Gasteiger partial charge in [-0.2, -0.15) is 0 Å². The summed E-state index contributed by atoms with van der Waals surface area (Å²) in [6.07, 6.45) is 0. The van der Waals surface area contributed by atoms with Crippen molar-refractivity contribution in [2.75, 3.05) is 0 Å². The molecule has 0 saturated carbocycles. The fraction of sp³-hybridized carbons (Fsp3) is 0. The van der Waals surface area contributed by atoms with E-state index in [1.165, 1.54) is 0 Å². The molecule has 6 nitrogen and oxygen atoms in total. The van der Waals surface area contributed by atoms with Gasteiger partial charge in [0.05, 0.1) is 0 Å². The van der Waals surface area contributed by atoms with Crippen LogP contribution in [0.5, 0.6) is 0 Å². The fourth-order valence-electron chi connectivity index (χ4n) is 0. The van der Waals surface area contributed by atoms with Crippen molar-refractivity contribution in [1.82, 2.24) is 0 Å². The van der Waals surface area contributed by atoms with E-state index in [1.807, 2.05) is 0 Å². The predicted molar refractivity (Wildman–Crippen MR) is 1.37 cm³/mol. The Kier molecular flexibility index (Phi) is 38.0. The van der Waals surface area contributed by atoms with Crippen LogP contribution in [0.2, 0.25) is 0 Å². The minimum absolute atomic E-state index is 0. The Bertz CT molecular complexity index is 73.7. The zero-order valence-corrected chi connectivity index (χ0v) is 8.11. The van der Waals surface area contributed by atoms with Gasteiger partial charge in [0, 0.05) is 0 Å². The Morgan fingerprint density at radius 2 is 0.800 bits per heavy atom. The second kappa shape index (κ2) is 16.8. The van der Waals surface area contributed by atoms with Crippen LogP contribution in [0.3, 0.4) is 0 Å². The van der Waals surface area contributed by atoms with Crippen LogP contribution in [0, 0.1) is 0 Å². The number of rotatable bonds is 0. The Morgan fingerprint density at radius 3 is 0.800 bits per heavy atom. The zero-order valence-electron chi connectivity index (χ0n) is 3.82. The van der Waals surface area contributed by atoms with Crippen LogP contribution in [0.25, 0.3) is 0 Å². The molecule has 0 saturated heterocycles. The van der Waals surface area contributed by atoms with E-state index in [-0.39, 0.29) is 33.6 Å². The SMILES string of the molecule is [Cu+2].[Ni+2].[O]=[Mn]([O-])[O-].[O]=[Mn]([O-])[O-]. The van der Waals surface area contributed by atoms with E-state index in [4.69, 9.17) is 24.4 Å². The maximum atomic E-state index is 8.52. The summed E-state index contributed by atoms with van der Waals surface area (Å²) in [5.74, 6) is 0. The van der Waals surface area contributed by atoms with Crippen molar-refractivity contribution in [3.8, 4) is 0 Å². The van der Waals surface area contributed by atoms with Crippen molar-refractivity contribution in [2.45, 2.75) is 0 Å². The number of hydrogen-bond acceptors (Lipinski definition) is 6. The summed E-state index contributed by atoms with van der Waals surface area (Å²) in [5, 5.41) is 0. The zero-order chi connectivity index (χ0) is 7.15. The van der Waals surface area contributed by atoms with Gasteiger partial charge in [-0.25, -0.2) is 0 Å². The van der Waals surface area contributed by atoms with Crippen molar-refractivity contribution >= 4 is 0 Å². The molecular formula is CuMn2NiO6. The molecule has 0 aliphatic rings. The van der Waals surface area contributed by atoms with E-state index in [0.717, 1.165) is 0 Å². The molecule has 71 valence electrons. The molecule has 0 atom stereocenters. The molecule has 0 amide bonds. The minimum atomic E-state index is -3.65. The number of hydrogen-bond donors (Lipinski definition) is 0. The first-order valence-electron chi connectivity index (χ1n) is 0.926. The van der Waals surface area contributed by atoms with E-state index in [2.05, 4.69) is 0 Å². The Morgan fingerprint density at radius 1 is 0.800 bits per heavy atom. The van der Waals surface area contributed by atoms with Crippen LogP contribution in [0.4, 0.5) is 0 Å². The molecule has 0 aromatic rings. The third-order valence-electron chi connectivity index (χ3n) is 0. The molecule has 0 bridgehead atoms. The van der Waals surface area contributed by atoms with Gasteiger partial charge in [0.2, 0.25) is 0 Å². The van der Waals surface area contributed by atoms with Gasteiger partial charge in [-0.15, -0.1) is 0 Å². The normalized spacial score (nSPS) is 7.00. The molecule has 1 radical (unpaired) electrons. The first-order valence-corrected chi connectivity index (χ1v) is 3.82. The summed E-state index contributed by atoms with van der Waals surface area (Å²) in [6, 6.07) is 0. The van der Waals surface area contributed by atoms with Crippen LogP contribution in [0.1, 0.15) is 0 Å². The maximum absolute atomic E-state index is 8.52. The van der Waals surface area contributed by atoms with E-state index in [1.54, 1.807) is 0 Å². The Balaban J connectivity index is -0.0000000300. The molecule has 0 heterocycles. The Labute approximate surface area is 86.5 Å². The summed E-state index contributed by atoms with van der Waals surface area (Å²) in [7, 11) is 0. The van der Waals surface area contributed by atoms with Crippen LogP contribution >= 0.6 is 0 Å². The van der Waals surface area contributed by atoms with Gasteiger partial charge in [-0.1, -0.05) is 0 Å². The van der Waals surface area contributed by atoms with Gasteiger partial charge < -0.3 is 0 Å². The van der Waals surface area contributed by atoms with Crippen LogP contribution in [-0.4, -0.2) is 0 Å². The molecule has 0 aliphatic carbocycles. The average Bonchev–Trinajstić information content (AvgIpc) is 1.25. The Hall–Kier alpha value is 1.49. The van der Waals surface area contributed by atoms with Gasteiger partial charge in [0.25, 0.3) is 0 Å². The standard InChI is InChI=1S/Cu.2Mn.Ni.6O/q+2;;;+2;;;4*-1. The molecule has 0 rings (SSSR count). The third kappa shape index (κ3) is 308. The van der Waals surface area contributed by atoms with E-state index >= 15 is 0 Å². The second-order valence-corrected chi connectivity index (χ2v) is 1.56. The topological polar surface area (TPSA) is 126 Å². The molecule has 0 aromatic carbocycles. The summed E-state index contributed by atoms with van der Waals surface area (Å²) >= 11 is -7.29. The third-order valence-corrected chi connectivity index (χ3v) is 0. The fourth-order valence-corrected chi connectivity index (χ4v) is 0. The van der Waals surface area contributed by atoms with Gasteiger partial charge >= 0.3 is 87.0 Å². The van der Waals surface area contributed by atoms with Crippen molar-refractivity contribution in [3.05, 3.63) is 0 Å². The van der Waals surface area contributed by atoms with E-state index in [9.17, 15) is 0 Å². The van der Waals surface area contributed by atoms with Gasteiger partial charge in [-0.05, 0) is 0 Å². The molecular weight excluding hydrogens is 328 g/mol. The molecule has 10 heavy (non-hydrogen) atoms. The molecule has 10 heteroatoms. The summed E-state index contributed by atoms with van der Waals surface area (Å²) in [5.41, 5.74) is 0. The molecule has 0 aromatic heterocycles. The van der Waals surface area contributed by atoms with Crippen molar-refractivity contribution in [2.24, 2.45) is 0 Å². The average molecular weight is 328 g/mol. The van der Waals surface area contributed by atoms with Gasteiger partial charge in [0.1, 0.15) is 0 Å². The molecule has 0 fully saturated rings. The van der Waals surface area contributed by atoms with Crippen molar-refractivity contribution < 1.29 is 87.0 Å². The van der Waals surface area contributed by atoms with Gasteiger partial charge in [0.15, 0.2) is 0 Å². The monoisotopic (exact) mass is 327 g/mol. The van der Waals surface area contributed by atoms with Crippen LogP contribution < -0.4 is 16.8 Å². The molecule has 0 N–H and O–H groups in total. The van der Waals surface area contributed by atoms with Crippen LogP contribution in [0.15, 0.2) is 0 Å².